The van der Waals surface area contributed by atoms with Crippen molar-refractivity contribution >= 4 is 0 Å². The molecule has 3 nitrogen and oxygen atoms in total. The average Bonchev–Trinajstić information content (AvgIpc) is 2.88. The molecule has 0 N–H and O–H groups in total. The van der Waals surface area contributed by atoms with Gasteiger partial charge in [0, 0.05) is 25.4 Å². The molecule has 90 valence electrons. The van der Waals surface area contributed by atoms with Crippen LogP contribution in [0.1, 0.15) is 18.9 Å². The fourth-order valence-corrected chi connectivity index (χ4v) is 1.70. The summed E-state index contributed by atoms with van der Waals surface area (Å²) in [5, 5.41) is 4.15. The Morgan fingerprint density at radius 2 is 2.24 bits per heavy atom. The van der Waals surface area contributed by atoms with Crippen molar-refractivity contribution in [1.29, 1.82) is 0 Å². The zero-order valence-corrected chi connectivity index (χ0v) is 10.2. The molecule has 2 aromatic rings. The van der Waals surface area contributed by atoms with Crippen LogP contribution in [0.3, 0.4) is 0 Å². The maximum Gasteiger partial charge on any atom is 0.119 e. The van der Waals surface area contributed by atoms with Crippen LogP contribution < -0.4 is 4.74 Å². The molecule has 0 saturated carbocycles. The standard InChI is InChI=1S/C14H18N2O/c1-2-13-6-3-7-14(12-13)17-11-5-10-16-9-4-8-15-16/h3-4,6-9,12H,2,5,10-11H2,1H3. The van der Waals surface area contributed by atoms with E-state index in [2.05, 4.69) is 24.2 Å². The van der Waals surface area contributed by atoms with Gasteiger partial charge in [0.25, 0.3) is 0 Å². The molecule has 1 heterocycles. The molecular formula is C14H18N2O. The predicted molar refractivity (Wildman–Crippen MR) is 68.2 cm³/mol. The van der Waals surface area contributed by atoms with Crippen LogP contribution in [0, 0.1) is 0 Å². The molecule has 1 aromatic carbocycles. The quantitative estimate of drug-likeness (QED) is 0.713. The van der Waals surface area contributed by atoms with Gasteiger partial charge >= 0.3 is 0 Å². The van der Waals surface area contributed by atoms with E-state index in [1.54, 1.807) is 6.20 Å². The maximum atomic E-state index is 5.71. The van der Waals surface area contributed by atoms with Gasteiger partial charge < -0.3 is 4.74 Å². The van der Waals surface area contributed by atoms with E-state index in [0.717, 1.165) is 31.7 Å². The lowest BCUT2D eigenvalue weighted by atomic mass is 10.2. The minimum Gasteiger partial charge on any atom is -0.494 e. The number of nitrogens with zero attached hydrogens (tertiary/aromatic N) is 2. The summed E-state index contributed by atoms with van der Waals surface area (Å²) in [5.41, 5.74) is 1.31. The molecular weight excluding hydrogens is 212 g/mol. The normalized spacial score (nSPS) is 10.4. The summed E-state index contributed by atoms with van der Waals surface area (Å²) in [4.78, 5) is 0. The lowest BCUT2D eigenvalue weighted by Crippen LogP contribution is -2.04. The monoisotopic (exact) mass is 230 g/mol. The van der Waals surface area contributed by atoms with Gasteiger partial charge in [0.05, 0.1) is 6.61 Å². The topological polar surface area (TPSA) is 27.1 Å². The molecule has 17 heavy (non-hydrogen) atoms. The SMILES string of the molecule is CCc1cccc(OCCCn2cccn2)c1. The van der Waals surface area contributed by atoms with Crippen LogP contribution in [-0.4, -0.2) is 16.4 Å². The van der Waals surface area contributed by atoms with Gasteiger partial charge in [-0.3, -0.25) is 4.68 Å². The summed E-state index contributed by atoms with van der Waals surface area (Å²) in [7, 11) is 0. The number of aryl methyl sites for hydroxylation is 2. The van der Waals surface area contributed by atoms with Crippen LogP contribution in [0.25, 0.3) is 0 Å². The molecule has 0 bridgehead atoms. The third-order valence-corrected chi connectivity index (χ3v) is 2.67. The summed E-state index contributed by atoms with van der Waals surface area (Å²) in [5.74, 6) is 0.963. The zero-order valence-electron chi connectivity index (χ0n) is 10.2. The number of hydrogen-bond donors (Lipinski definition) is 0. The molecule has 2 rings (SSSR count). The highest BCUT2D eigenvalue weighted by molar-refractivity contribution is 5.28. The second-order valence-corrected chi connectivity index (χ2v) is 3.97. The Bertz CT molecular complexity index is 437. The largest absolute Gasteiger partial charge is 0.494 e. The number of ether oxygens (including phenoxy) is 1. The van der Waals surface area contributed by atoms with Crippen molar-refractivity contribution < 1.29 is 4.74 Å². The molecule has 0 aliphatic rings. The number of benzene rings is 1. The summed E-state index contributed by atoms with van der Waals surface area (Å²) in [6.07, 6.45) is 5.78. The highest BCUT2D eigenvalue weighted by Crippen LogP contribution is 2.13. The number of rotatable bonds is 6. The Labute approximate surface area is 102 Å². The first-order valence-electron chi connectivity index (χ1n) is 6.07. The zero-order chi connectivity index (χ0) is 11.9. The third-order valence-electron chi connectivity index (χ3n) is 2.67. The lowest BCUT2D eigenvalue weighted by molar-refractivity contribution is 0.298. The van der Waals surface area contributed by atoms with Gasteiger partial charge in [0.1, 0.15) is 5.75 Å². The van der Waals surface area contributed by atoms with Gasteiger partial charge in [0.15, 0.2) is 0 Å². The van der Waals surface area contributed by atoms with Gasteiger partial charge in [-0.05, 0) is 30.2 Å². The summed E-state index contributed by atoms with van der Waals surface area (Å²) in [6, 6.07) is 10.2. The van der Waals surface area contributed by atoms with Crippen LogP contribution in [0.2, 0.25) is 0 Å². The minimum absolute atomic E-state index is 0.729. The van der Waals surface area contributed by atoms with Crippen molar-refractivity contribution in [2.45, 2.75) is 26.3 Å². The molecule has 0 saturated heterocycles. The van der Waals surface area contributed by atoms with Crippen molar-refractivity contribution in [3.8, 4) is 5.75 Å². The Hall–Kier alpha value is -1.77. The van der Waals surface area contributed by atoms with E-state index in [-0.39, 0.29) is 0 Å². The first-order valence-corrected chi connectivity index (χ1v) is 6.07. The summed E-state index contributed by atoms with van der Waals surface area (Å²) in [6.45, 7) is 3.78. The smallest absolute Gasteiger partial charge is 0.119 e. The Balaban J connectivity index is 1.74. The van der Waals surface area contributed by atoms with Gasteiger partial charge in [-0.2, -0.15) is 5.10 Å². The minimum atomic E-state index is 0.729. The lowest BCUT2D eigenvalue weighted by Gasteiger charge is -2.07. The number of aromatic nitrogens is 2. The van der Waals surface area contributed by atoms with Crippen LogP contribution in [0.5, 0.6) is 5.75 Å². The fraction of sp³-hybridized carbons (Fsp3) is 0.357. The van der Waals surface area contributed by atoms with Crippen LogP contribution in [0.4, 0.5) is 0 Å². The van der Waals surface area contributed by atoms with Gasteiger partial charge in [-0.25, -0.2) is 0 Å². The molecule has 0 spiro atoms. The van der Waals surface area contributed by atoms with E-state index in [9.17, 15) is 0 Å². The summed E-state index contributed by atoms with van der Waals surface area (Å²) >= 11 is 0. The Morgan fingerprint density at radius 3 is 3.00 bits per heavy atom. The highest BCUT2D eigenvalue weighted by Gasteiger charge is 1.96. The van der Waals surface area contributed by atoms with Crippen molar-refractivity contribution in [3.63, 3.8) is 0 Å². The van der Waals surface area contributed by atoms with Gasteiger partial charge in [0.2, 0.25) is 0 Å². The van der Waals surface area contributed by atoms with Crippen molar-refractivity contribution in [3.05, 3.63) is 48.3 Å². The van der Waals surface area contributed by atoms with Crippen LogP contribution in [0.15, 0.2) is 42.7 Å². The molecule has 1 aromatic heterocycles. The number of hydrogen-bond acceptors (Lipinski definition) is 2. The first-order chi connectivity index (χ1) is 8.38. The first kappa shape index (κ1) is 11.7. The highest BCUT2D eigenvalue weighted by atomic mass is 16.5. The van der Waals surface area contributed by atoms with E-state index in [1.807, 2.05) is 29.1 Å². The van der Waals surface area contributed by atoms with Gasteiger partial charge in [-0.15, -0.1) is 0 Å². The second kappa shape index (κ2) is 6.09. The van der Waals surface area contributed by atoms with Crippen LogP contribution in [-0.2, 0) is 13.0 Å². The third kappa shape index (κ3) is 3.63. The van der Waals surface area contributed by atoms with Crippen molar-refractivity contribution in [2.75, 3.05) is 6.61 Å². The van der Waals surface area contributed by atoms with Crippen molar-refractivity contribution in [2.24, 2.45) is 0 Å². The second-order valence-electron chi connectivity index (χ2n) is 3.97. The molecule has 0 radical (unpaired) electrons. The predicted octanol–water partition coefficient (Wildman–Crippen LogP) is 2.91. The van der Waals surface area contributed by atoms with E-state index < -0.39 is 0 Å². The van der Waals surface area contributed by atoms with Crippen molar-refractivity contribution in [1.82, 2.24) is 9.78 Å². The molecule has 0 fully saturated rings. The molecule has 0 unspecified atom stereocenters. The van der Waals surface area contributed by atoms with E-state index in [0.29, 0.717) is 0 Å². The molecule has 0 aliphatic carbocycles. The Kier molecular flexibility index (Phi) is 4.19. The van der Waals surface area contributed by atoms with E-state index in [4.69, 9.17) is 4.74 Å². The molecule has 0 aliphatic heterocycles. The van der Waals surface area contributed by atoms with Gasteiger partial charge in [-0.1, -0.05) is 19.1 Å². The molecule has 0 atom stereocenters. The fourth-order valence-electron chi connectivity index (χ4n) is 1.70. The maximum absolute atomic E-state index is 5.71. The molecule has 3 heteroatoms. The van der Waals surface area contributed by atoms with E-state index in [1.165, 1.54) is 5.56 Å². The molecule has 0 amide bonds. The van der Waals surface area contributed by atoms with Crippen LogP contribution >= 0.6 is 0 Å². The van der Waals surface area contributed by atoms with E-state index >= 15 is 0 Å². The Morgan fingerprint density at radius 1 is 1.29 bits per heavy atom. The average molecular weight is 230 g/mol. The summed E-state index contributed by atoms with van der Waals surface area (Å²) < 4.78 is 7.63.